The minimum Gasteiger partial charge on any atom is -0.494 e. The first-order chi connectivity index (χ1) is 9.17. The van der Waals surface area contributed by atoms with Gasteiger partial charge in [-0.05, 0) is 30.9 Å². The lowest BCUT2D eigenvalue weighted by Crippen LogP contribution is -2.37. The number of hydrogen-bond donors (Lipinski definition) is 1. The van der Waals surface area contributed by atoms with E-state index in [0.29, 0.717) is 17.9 Å². The second-order valence-electron chi connectivity index (χ2n) is 5.07. The Morgan fingerprint density at radius 3 is 3.00 bits per heavy atom. The summed E-state index contributed by atoms with van der Waals surface area (Å²) in [7, 11) is 1.47. The van der Waals surface area contributed by atoms with Crippen molar-refractivity contribution >= 4 is 0 Å². The first-order valence-electron chi connectivity index (χ1n) is 6.86. The lowest BCUT2D eigenvalue weighted by atomic mass is 9.88. The minimum absolute atomic E-state index is 0.0749. The largest absolute Gasteiger partial charge is 0.494 e. The molecule has 0 radical (unpaired) electrons. The van der Waals surface area contributed by atoms with E-state index in [2.05, 4.69) is 6.92 Å². The predicted octanol–water partition coefficient (Wildman–Crippen LogP) is 2.52. The molecule has 1 heterocycles. The molecule has 0 amide bonds. The van der Waals surface area contributed by atoms with Crippen LogP contribution in [0, 0.1) is 11.7 Å². The Bertz CT molecular complexity index is 425. The van der Waals surface area contributed by atoms with Gasteiger partial charge in [-0.1, -0.05) is 19.1 Å². The van der Waals surface area contributed by atoms with Crippen molar-refractivity contribution in [2.75, 3.05) is 13.7 Å². The number of nitrogens with two attached hydrogens (primary N) is 1. The maximum absolute atomic E-state index is 14.1. The van der Waals surface area contributed by atoms with Crippen LogP contribution in [-0.2, 0) is 11.2 Å². The second kappa shape index (κ2) is 6.35. The van der Waals surface area contributed by atoms with E-state index in [1.165, 1.54) is 7.11 Å². The molecule has 3 unspecified atom stereocenters. The smallest absolute Gasteiger partial charge is 0.168 e. The SMILES string of the molecule is CCC1OCCC1C(N)Cc1cccc(OC)c1F. The number of hydrogen-bond acceptors (Lipinski definition) is 3. The Labute approximate surface area is 113 Å². The van der Waals surface area contributed by atoms with E-state index in [1.807, 2.05) is 0 Å². The molecule has 3 nitrogen and oxygen atoms in total. The van der Waals surface area contributed by atoms with Crippen LogP contribution in [0.4, 0.5) is 4.39 Å². The molecule has 0 bridgehead atoms. The Balaban J connectivity index is 2.08. The van der Waals surface area contributed by atoms with Crippen LogP contribution in [0.2, 0.25) is 0 Å². The molecule has 1 aromatic rings. The van der Waals surface area contributed by atoms with Crippen molar-refractivity contribution in [3.63, 3.8) is 0 Å². The average molecular weight is 267 g/mol. The molecule has 1 aliphatic rings. The standard InChI is InChI=1S/C15H22FNO2/c1-3-13-11(7-8-19-13)12(17)9-10-5-4-6-14(18-2)15(10)16/h4-6,11-13H,3,7-9,17H2,1-2H3. The third kappa shape index (κ3) is 3.07. The van der Waals surface area contributed by atoms with Crippen molar-refractivity contribution < 1.29 is 13.9 Å². The van der Waals surface area contributed by atoms with Crippen LogP contribution in [0.25, 0.3) is 0 Å². The van der Waals surface area contributed by atoms with Crippen molar-refractivity contribution in [3.05, 3.63) is 29.6 Å². The zero-order chi connectivity index (χ0) is 13.8. The molecule has 1 aliphatic heterocycles. The Morgan fingerprint density at radius 1 is 1.53 bits per heavy atom. The van der Waals surface area contributed by atoms with Gasteiger partial charge in [-0.15, -0.1) is 0 Å². The summed E-state index contributed by atoms with van der Waals surface area (Å²) in [6.07, 6.45) is 2.65. The minimum atomic E-state index is -0.299. The number of methoxy groups -OCH3 is 1. The molecule has 2 rings (SSSR count). The maximum Gasteiger partial charge on any atom is 0.168 e. The van der Waals surface area contributed by atoms with Gasteiger partial charge in [0.25, 0.3) is 0 Å². The molecular weight excluding hydrogens is 245 g/mol. The molecule has 1 aromatic carbocycles. The molecule has 19 heavy (non-hydrogen) atoms. The number of ether oxygens (including phenoxy) is 2. The van der Waals surface area contributed by atoms with Crippen LogP contribution in [0.3, 0.4) is 0 Å². The van der Waals surface area contributed by atoms with Crippen LogP contribution in [-0.4, -0.2) is 25.9 Å². The summed E-state index contributed by atoms with van der Waals surface area (Å²) >= 11 is 0. The molecule has 0 aliphatic carbocycles. The fourth-order valence-electron chi connectivity index (χ4n) is 2.85. The summed E-state index contributed by atoms with van der Waals surface area (Å²) in [4.78, 5) is 0. The zero-order valence-electron chi connectivity index (χ0n) is 11.6. The Hall–Kier alpha value is -1.13. The summed E-state index contributed by atoms with van der Waals surface area (Å²) in [5.41, 5.74) is 6.87. The highest BCUT2D eigenvalue weighted by Crippen LogP contribution is 2.28. The summed E-state index contributed by atoms with van der Waals surface area (Å²) in [6, 6.07) is 5.12. The quantitative estimate of drug-likeness (QED) is 0.891. The Morgan fingerprint density at radius 2 is 2.32 bits per heavy atom. The van der Waals surface area contributed by atoms with Crippen molar-refractivity contribution in [2.24, 2.45) is 11.7 Å². The van der Waals surface area contributed by atoms with Crippen molar-refractivity contribution in [1.29, 1.82) is 0 Å². The van der Waals surface area contributed by atoms with Gasteiger partial charge in [0, 0.05) is 18.6 Å². The molecule has 0 saturated carbocycles. The fourth-order valence-corrected chi connectivity index (χ4v) is 2.85. The molecule has 1 saturated heterocycles. The zero-order valence-corrected chi connectivity index (χ0v) is 11.6. The van der Waals surface area contributed by atoms with E-state index < -0.39 is 0 Å². The van der Waals surface area contributed by atoms with Gasteiger partial charge in [0.2, 0.25) is 0 Å². The number of halogens is 1. The lowest BCUT2D eigenvalue weighted by Gasteiger charge is -2.24. The molecule has 106 valence electrons. The summed E-state index contributed by atoms with van der Waals surface area (Å²) in [6.45, 7) is 2.86. The summed E-state index contributed by atoms with van der Waals surface area (Å²) in [5, 5.41) is 0. The van der Waals surface area contributed by atoms with E-state index >= 15 is 0 Å². The van der Waals surface area contributed by atoms with E-state index in [0.717, 1.165) is 19.4 Å². The van der Waals surface area contributed by atoms with Gasteiger partial charge < -0.3 is 15.2 Å². The van der Waals surface area contributed by atoms with Crippen LogP contribution in [0.1, 0.15) is 25.3 Å². The number of rotatable bonds is 5. The lowest BCUT2D eigenvalue weighted by molar-refractivity contribution is 0.0813. The van der Waals surface area contributed by atoms with Crippen LogP contribution >= 0.6 is 0 Å². The predicted molar refractivity (Wildman–Crippen MR) is 72.8 cm³/mol. The molecule has 0 spiro atoms. The normalized spacial score (nSPS) is 24.4. The first-order valence-corrected chi connectivity index (χ1v) is 6.86. The van der Waals surface area contributed by atoms with Gasteiger partial charge in [0.1, 0.15) is 0 Å². The topological polar surface area (TPSA) is 44.5 Å². The van der Waals surface area contributed by atoms with Gasteiger partial charge in [-0.3, -0.25) is 0 Å². The first kappa shape index (κ1) is 14.3. The van der Waals surface area contributed by atoms with E-state index in [9.17, 15) is 4.39 Å². The van der Waals surface area contributed by atoms with Crippen LogP contribution < -0.4 is 10.5 Å². The fraction of sp³-hybridized carbons (Fsp3) is 0.600. The van der Waals surface area contributed by atoms with Gasteiger partial charge >= 0.3 is 0 Å². The highest BCUT2D eigenvalue weighted by atomic mass is 19.1. The molecule has 1 fully saturated rings. The molecule has 0 aromatic heterocycles. The van der Waals surface area contributed by atoms with Crippen LogP contribution in [0.15, 0.2) is 18.2 Å². The molecule has 4 heteroatoms. The molecule has 3 atom stereocenters. The van der Waals surface area contributed by atoms with Crippen molar-refractivity contribution in [1.82, 2.24) is 0 Å². The highest BCUT2D eigenvalue weighted by molar-refractivity contribution is 5.31. The second-order valence-corrected chi connectivity index (χ2v) is 5.07. The van der Waals surface area contributed by atoms with Crippen molar-refractivity contribution in [2.45, 2.75) is 38.3 Å². The average Bonchev–Trinajstić information content (AvgIpc) is 2.89. The monoisotopic (exact) mass is 267 g/mol. The van der Waals surface area contributed by atoms with E-state index in [1.54, 1.807) is 18.2 Å². The Kier molecular flexibility index (Phi) is 4.77. The number of benzene rings is 1. The third-order valence-electron chi connectivity index (χ3n) is 3.93. The summed E-state index contributed by atoms with van der Waals surface area (Å²) < 4.78 is 24.7. The van der Waals surface area contributed by atoms with Gasteiger partial charge in [-0.2, -0.15) is 0 Å². The third-order valence-corrected chi connectivity index (χ3v) is 3.93. The van der Waals surface area contributed by atoms with E-state index in [-0.39, 0.29) is 23.7 Å². The molecule has 2 N–H and O–H groups in total. The van der Waals surface area contributed by atoms with Crippen LogP contribution in [0.5, 0.6) is 5.75 Å². The molecular formula is C15H22FNO2. The van der Waals surface area contributed by atoms with E-state index in [4.69, 9.17) is 15.2 Å². The maximum atomic E-state index is 14.1. The van der Waals surface area contributed by atoms with Crippen molar-refractivity contribution in [3.8, 4) is 5.75 Å². The van der Waals surface area contributed by atoms with Gasteiger partial charge in [0.15, 0.2) is 11.6 Å². The van der Waals surface area contributed by atoms with Gasteiger partial charge in [0.05, 0.1) is 13.2 Å². The highest BCUT2D eigenvalue weighted by Gasteiger charge is 2.32. The summed E-state index contributed by atoms with van der Waals surface area (Å²) in [5.74, 6) is 0.294. The van der Waals surface area contributed by atoms with Gasteiger partial charge in [-0.25, -0.2) is 4.39 Å².